The fraction of sp³-hybridized carbons (Fsp3) is 0.222. The second-order valence-electron chi connectivity index (χ2n) is 3.57. The van der Waals surface area contributed by atoms with Gasteiger partial charge in [-0.15, -0.1) is 0 Å². The lowest BCUT2D eigenvalue weighted by Crippen LogP contribution is -2.01. The van der Waals surface area contributed by atoms with Crippen LogP contribution in [0.2, 0.25) is 5.15 Å². The van der Waals surface area contributed by atoms with Crippen LogP contribution in [-0.4, -0.2) is 34.3 Å². The molecule has 3 heterocycles. The summed E-state index contributed by atoms with van der Waals surface area (Å²) in [5, 5.41) is 10.2. The molecule has 0 aliphatic rings. The van der Waals surface area contributed by atoms with Gasteiger partial charge in [-0.2, -0.15) is 24.7 Å². The van der Waals surface area contributed by atoms with Gasteiger partial charge in [0.15, 0.2) is 5.16 Å². The number of nitrogens with zero attached hydrogens (tertiary/aromatic N) is 7. The maximum Gasteiger partial charge on any atom is 0.254 e. The van der Waals surface area contributed by atoms with Gasteiger partial charge in [-0.25, -0.2) is 9.67 Å². The highest BCUT2D eigenvalue weighted by Gasteiger charge is 2.15. The normalized spacial score (nSPS) is 11.3. The van der Waals surface area contributed by atoms with Crippen LogP contribution in [0.3, 0.4) is 0 Å². The summed E-state index contributed by atoms with van der Waals surface area (Å²) in [7, 11) is 1.83. The molecule has 0 aromatic carbocycles. The molecule has 0 N–H and O–H groups in total. The topological polar surface area (TPSA) is 73.8 Å². The fourth-order valence-electron chi connectivity index (χ4n) is 1.46. The van der Waals surface area contributed by atoms with Crippen molar-refractivity contribution in [1.82, 2.24) is 34.3 Å². The highest BCUT2D eigenvalue weighted by Crippen LogP contribution is 2.30. The molecule has 0 aliphatic heterocycles. The van der Waals surface area contributed by atoms with Gasteiger partial charge >= 0.3 is 0 Å². The van der Waals surface area contributed by atoms with Crippen molar-refractivity contribution >= 4 is 29.1 Å². The third-order valence-corrected chi connectivity index (χ3v) is 4.00. The Morgan fingerprint density at radius 1 is 1.22 bits per heavy atom. The molecule has 0 atom stereocenters. The van der Waals surface area contributed by atoms with E-state index in [0.717, 1.165) is 15.7 Å². The molecule has 3 aromatic rings. The molecule has 3 aromatic heterocycles. The van der Waals surface area contributed by atoms with Crippen LogP contribution < -0.4 is 0 Å². The quantitative estimate of drug-likeness (QED) is 0.661. The van der Waals surface area contributed by atoms with E-state index in [2.05, 4.69) is 25.1 Å². The molecule has 0 aliphatic carbocycles. The van der Waals surface area contributed by atoms with Gasteiger partial charge in [0.05, 0.1) is 0 Å². The molecule has 18 heavy (non-hydrogen) atoms. The van der Waals surface area contributed by atoms with Crippen molar-refractivity contribution < 1.29 is 0 Å². The minimum Gasteiger partial charge on any atom is -0.244 e. The standard InChI is InChI=1S/C9H8ClN7S/c1-5-6(10)15-8-11-3-14-17(8)7(5)18-9-12-4-13-16(9)2/h3-4H,1-2H3. The number of halogens is 1. The molecule has 92 valence electrons. The number of hydrogen-bond acceptors (Lipinski definition) is 6. The minimum absolute atomic E-state index is 0.417. The maximum absolute atomic E-state index is 6.08. The molecule has 0 spiro atoms. The Hall–Kier alpha value is -1.67. The molecule has 9 heteroatoms. The Morgan fingerprint density at radius 2 is 2.00 bits per heavy atom. The van der Waals surface area contributed by atoms with Gasteiger partial charge in [-0.3, -0.25) is 0 Å². The van der Waals surface area contributed by atoms with Crippen molar-refractivity contribution in [1.29, 1.82) is 0 Å². The molecule has 7 nitrogen and oxygen atoms in total. The Morgan fingerprint density at radius 3 is 2.72 bits per heavy atom. The largest absolute Gasteiger partial charge is 0.254 e. The summed E-state index contributed by atoms with van der Waals surface area (Å²) in [5.74, 6) is 0.468. The molecule has 0 bridgehead atoms. The van der Waals surface area contributed by atoms with E-state index in [1.165, 1.54) is 24.4 Å². The Kier molecular flexibility index (Phi) is 2.67. The molecule has 0 unspecified atom stereocenters. The zero-order valence-corrected chi connectivity index (χ0v) is 11.1. The first-order valence-corrected chi connectivity index (χ1v) is 6.24. The van der Waals surface area contributed by atoms with Crippen LogP contribution in [0.4, 0.5) is 0 Å². The van der Waals surface area contributed by atoms with Gasteiger partial charge in [0.2, 0.25) is 0 Å². The SMILES string of the molecule is Cc1c(Cl)nc2ncnn2c1Sc1ncnn1C. The third kappa shape index (κ3) is 1.73. The molecular formula is C9H8ClN7S. The number of aryl methyl sites for hydroxylation is 1. The zero-order valence-electron chi connectivity index (χ0n) is 9.57. The average molecular weight is 282 g/mol. The van der Waals surface area contributed by atoms with Crippen LogP contribution in [0.5, 0.6) is 0 Å². The Bertz CT molecular complexity index is 719. The van der Waals surface area contributed by atoms with E-state index in [-0.39, 0.29) is 0 Å². The summed E-state index contributed by atoms with van der Waals surface area (Å²) in [5.41, 5.74) is 0.836. The van der Waals surface area contributed by atoms with Crippen molar-refractivity contribution in [2.75, 3.05) is 0 Å². The average Bonchev–Trinajstić information content (AvgIpc) is 2.94. The van der Waals surface area contributed by atoms with E-state index in [0.29, 0.717) is 10.9 Å². The lowest BCUT2D eigenvalue weighted by atomic mass is 10.4. The predicted molar refractivity (Wildman–Crippen MR) is 65.7 cm³/mol. The van der Waals surface area contributed by atoms with Gasteiger partial charge in [0, 0.05) is 12.6 Å². The van der Waals surface area contributed by atoms with Crippen LogP contribution in [0.25, 0.3) is 5.78 Å². The second kappa shape index (κ2) is 4.21. The summed E-state index contributed by atoms with van der Waals surface area (Å²) < 4.78 is 3.32. The van der Waals surface area contributed by atoms with Crippen molar-refractivity contribution in [3.05, 3.63) is 23.4 Å². The first-order chi connectivity index (χ1) is 8.66. The lowest BCUT2D eigenvalue weighted by molar-refractivity contribution is 0.682. The second-order valence-corrected chi connectivity index (χ2v) is 4.89. The third-order valence-electron chi connectivity index (χ3n) is 2.41. The van der Waals surface area contributed by atoms with Crippen molar-refractivity contribution in [2.45, 2.75) is 17.1 Å². The summed E-state index contributed by atoms with van der Waals surface area (Å²) in [6.45, 7) is 1.88. The molecule has 0 radical (unpaired) electrons. The van der Waals surface area contributed by atoms with Crippen LogP contribution in [0.1, 0.15) is 5.56 Å². The van der Waals surface area contributed by atoms with E-state index in [1.54, 1.807) is 9.20 Å². The van der Waals surface area contributed by atoms with Gasteiger partial charge < -0.3 is 0 Å². The monoisotopic (exact) mass is 281 g/mol. The molecule has 3 rings (SSSR count). The first-order valence-electron chi connectivity index (χ1n) is 5.04. The zero-order chi connectivity index (χ0) is 12.7. The smallest absolute Gasteiger partial charge is 0.244 e. The fourth-order valence-corrected chi connectivity index (χ4v) is 2.60. The molecule has 0 saturated heterocycles. The van der Waals surface area contributed by atoms with E-state index < -0.39 is 0 Å². The minimum atomic E-state index is 0.417. The number of hydrogen-bond donors (Lipinski definition) is 0. The van der Waals surface area contributed by atoms with E-state index in [1.807, 2.05) is 14.0 Å². The number of fused-ring (bicyclic) bond motifs is 1. The van der Waals surface area contributed by atoms with Gasteiger partial charge in [-0.05, 0) is 18.7 Å². The van der Waals surface area contributed by atoms with E-state index >= 15 is 0 Å². The number of aromatic nitrogens is 7. The lowest BCUT2D eigenvalue weighted by Gasteiger charge is -2.07. The van der Waals surface area contributed by atoms with Crippen molar-refractivity contribution in [3.63, 3.8) is 0 Å². The summed E-state index contributed by atoms with van der Waals surface area (Å²) in [6, 6.07) is 0. The van der Waals surface area contributed by atoms with Gasteiger partial charge in [0.1, 0.15) is 22.8 Å². The van der Waals surface area contributed by atoms with Crippen LogP contribution in [0.15, 0.2) is 22.8 Å². The molecule has 0 saturated carbocycles. The maximum atomic E-state index is 6.08. The summed E-state index contributed by atoms with van der Waals surface area (Å²) in [6.07, 6.45) is 2.94. The first kappa shape index (κ1) is 11.4. The highest BCUT2D eigenvalue weighted by atomic mass is 35.5. The van der Waals surface area contributed by atoms with Crippen LogP contribution in [-0.2, 0) is 7.05 Å². The van der Waals surface area contributed by atoms with Crippen LogP contribution >= 0.6 is 23.4 Å². The van der Waals surface area contributed by atoms with Gasteiger partial charge in [-0.1, -0.05) is 11.6 Å². The highest BCUT2D eigenvalue weighted by molar-refractivity contribution is 7.99. The molecule has 0 fully saturated rings. The summed E-state index contributed by atoms with van der Waals surface area (Å²) >= 11 is 7.50. The predicted octanol–water partition coefficient (Wildman–Crippen LogP) is 1.37. The molecular weight excluding hydrogens is 274 g/mol. The molecule has 0 amide bonds. The Balaban J connectivity index is 2.18. The van der Waals surface area contributed by atoms with Crippen molar-refractivity contribution in [3.8, 4) is 0 Å². The van der Waals surface area contributed by atoms with E-state index in [9.17, 15) is 0 Å². The Labute approximate surface area is 111 Å². The van der Waals surface area contributed by atoms with Crippen LogP contribution in [0, 0.1) is 6.92 Å². The summed E-state index contributed by atoms with van der Waals surface area (Å²) in [4.78, 5) is 12.3. The van der Waals surface area contributed by atoms with E-state index in [4.69, 9.17) is 11.6 Å². The number of rotatable bonds is 2. The van der Waals surface area contributed by atoms with Crippen molar-refractivity contribution in [2.24, 2.45) is 7.05 Å². The van der Waals surface area contributed by atoms with Gasteiger partial charge in [0.25, 0.3) is 5.78 Å².